The first-order valence-corrected chi connectivity index (χ1v) is 10.9. The molecule has 5 rings (SSSR count). The molecule has 34 heavy (non-hydrogen) atoms. The van der Waals surface area contributed by atoms with Gasteiger partial charge in [-0.25, -0.2) is 0 Å². The van der Waals surface area contributed by atoms with Crippen LogP contribution in [0, 0.1) is 0 Å². The van der Waals surface area contributed by atoms with E-state index in [0.717, 1.165) is 11.1 Å². The molecular weight excluding hydrogens is 475 g/mol. The molecule has 0 aliphatic heterocycles. The van der Waals surface area contributed by atoms with E-state index in [1.165, 1.54) is 0 Å². The molecule has 0 fully saturated rings. The van der Waals surface area contributed by atoms with Crippen molar-refractivity contribution in [1.82, 2.24) is 24.8 Å². The van der Waals surface area contributed by atoms with Crippen molar-refractivity contribution in [1.29, 1.82) is 0 Å². The predicted molar refractivity (Wildman–Crippen MR) is 130 cm³/mol. The van der Waals surface area contributed by atoms with Gasteiger partial charge in [-0.1, -0.05) is 41.4 Å². The van der Waals surface area contributed by atoms with E-state index in [2.05, 4.69) is 20.5 Å². The molecule has 0 saturated heterocycles. The number of hydrogen-bond acceptors (Lipinski definition) is 6. The minimum Gasteiger partial charge on any atom is -0.482 e. The molecule has 8 nitrogen and oxygen atoms in total. The third-order valence-electron chi connectivity index (χ3n) is 4.90. The lowest BCUT2D eigenvalue weighted by molar-refractivity contribution is -0.118. The van der Waals surface area contributed by atoms with Crippen LogP contribution in [0.25, 0.3) is 28.3 Å². The van der Waals surface area contributed by atoms with Crippen LogP contribution < -0.4 is 10.1 Å². The second kappa shape index (κ2) is 9.46. The van der Waals surface area contributed by atoms with E-state index >= 15 is 0 Å². The molecule has 1 N–H and O–H groups in total. The van der Waals surface area contributed by atoms with E-state index in [9.17, 15) is 4.79 Å². The van der Waals surface area contributed by atoms with Gasteiger partial charge in [0.2, 0.25) is 0 Å². The van der Waals surface area contributed by atoms with Gasteiger partial charge in [-0.3, -0.25) is 9.78 Å². The van der Waals surface area contributed by atoms with Gasteiger partial charge in [-0.2, -0.15) is 9.61 Å². The molecule has 0 bridgehead atoms. The van der Waals surface area contributed by atoms with Gasteiger partial charge in [-0.05, 0) is 48.5 Å². The summed E-state index contributed by atoms with van der Waals surface area (Å²) in [6.07, 6.45) is 3.40. The van der Waals surface area contributed by atoms with E-state index in [4.69, 9.17) is 33.0 Å². The average Bonchev–Trinajstić information content (AvgIpc) is 3.29. The van der Waals surface area contributed by atoms with Crippen molar-refractivity contribution < 1.29 is 9.53 Å². The molecule has 0 saturated carbocycles. The van der Waals surface area contributed by atoms with Crippen molar-refractivity contribution in [3.8, 4) is 28.4 Å². The lowest BCUT2D eigenvalue weighted by atomic mass is 10.1. The Kier molecular flexibility index (Phi) is 6.07. The number of halogens is 2. The van der Waals surface area contributed by atoms with Crippen LogP contribution in [0.15, 0.2) is 79.1 Å². The molecule has 0 unspecified atom stereocenters. The SMILES string of the molecule is O=C(COc1cccc(Cl)c1Cl)Nc1cccc(-c2ccc3nnc(-c4cccnc4)n3n2)c1. The monoisotopic (exact) mass is 490 g/mol. The smallest absolute Gasteiger partial charge is 0.262 e. The quantitative estimate of drug-likeness (QED) is 0.352. The Bertz CT molecular complexity index is 1490. The number of amides is 1. The van der Waals surface area contributed by atoms with Crippen molar-refractivity contribution in [2.75, 3.05) is 11.9 Å². The topological polar surface area (TPSA) is 94.3 Å². The Morgan fingerprint density at radius 2 is 1.82 bits per heavy atom. The van der Waals surface area contributed by atoms with Crippen molar-refractivity contribution in [2.24, 2.45) is 0 Å². The van der Waals surface area contributed by atoms with Crippen LogP contribution in [-0.4, -0.2) is 37.3 Å². The zero-order valence-corrected chi connectivity index (χ0v) is 19.0. The summed E-state index contributed by atoms with van der Waals surface area (Å²) in [7, 11) is 0. The number of anilines is 1. The summed E-state index contributed by atoms with van der Waals surface area (Å²) < 4.78 is 7.16. The zero-order chi connectivity index (χ0) is 23.5. The van der Waals surface area contributed by atoms with Gasteiger partial charge in [0.05, 0.1) is 10.7 Å². The molecule has 0 atom stereocenters. The third kappa shape index (κ3) is 4.54. The third-order valence-corrected chi connectivity index (χ3v) is 5.70. The van der Waals surface area contributed by atoms with E-state index in [-0.39, 0.29) is 17.5 Å². The highest BCUT2D eigenvalue weighted by atomic mass is 35.5. The normalized spacial score (nSPS) is 10.9. The van der Waals surface area contributed by atoms with Gasteiger partial charge in [0.25, 0.3) is 5.91 Å². The molecular formula is C24H16Cl2N6O2. The average molecular weight is 491 g/mol. The van der Waals surface area contributed by atoms with Gasteiger partial charge < -0.3 is 10.1 Å². The van der Waals surface area contributed by atoms with Crippen LogP contribution >= 0.6 is 23.2 Å². The number of fused-ring (bicyclic) bond motifs is 1. The number of rotatable bonds is 6. The number of carbonyl (C=O) groups excluding carboxylic acids is 1. The molecule has 168 valence electrons. The number of nitrogens with one attached hydrogen (secondary N) is 1. The molecule has 1 amide bonds. The van der Waals surface area contributed by atoms with Crippen molar-refractivity contribution in [3.05, 3.63) is 89.2 Å². The van der Waals surface area contributed by atoms with Crippen LogP contribution in [0.2, 0.25) is 10.0 Å². The van der Waals surface area contributed by atoms with Crippen molar-refractivity contribution in [3.63, 3.8) is 0 Å². The van der Waals surface area contributed by atoms with Gasteiger partial charge >= 0.3 is 0 Å². The fourth-order valence-electron chi connectivity index (χ4n) is 3.31. The summed E-state index contributed by atoms with van der Waals surface area (Å²) in [4.78, 5) is 16.6. The summed E-state index contributed by atoms with van der Waals surface area (Å²) in [6, 6.07) is 19.7. The number of carbonyl (C=O) groups is 1. The number of pyridine rings is 1. The fraction of sp³-hybridized carbons (Fsp3) is 0.0417. The molecule has 0 aliphatic carbocycles. The zero-order valence-electron chi connectivity index (χ0n) is 17.5. The largest absolute Gasteiger partial charge is 0.482 e. The van der Waals surface area contributed by atoms with Crippen molar-refractivity contribution >= 4 is 40.4 Å². The van der Waals surface area contributed by atoms with E-state index < -0.39 is 0 Å². The van der Waals surface area contributed by atoms with Gasteiger partial charge in [0.15, 0.2) is 18.1 Å². The summed E-state index contributed by atoms with van der Waals surface area (Å²) >= 11 is 12.1. The summed E-state index contributed by atoms with van der Waals surface area (Å²) in [6.45, 7) is -0.219. The highest BCUT2D eigenvalue weighted by molar-refractivity contribution is 6.42. The van der Waals surface area contributed by atoms with E-state index in [0.29, 0.717) is 33.6 Å². The Labute approximate surface area is 204 Å². The second-order valence-electron chi connectivity index (χ2n) is 7.22. The number of ether oxygens (including phenoxy) is 1. The van der Waals surface area contributed by atoms with Crippen LogP contribution in [0.1, 0.15) is 0 Å². The Morgan fingerprint density at radius 3 is 2.68 bits per heavy atom. The van der Waals surface area contributed by atoms with Gasteiger partial charge in [0.1, 0.15) is 10.8 Å². The van der Waals surface area contributed by atoms with Crippen LogP contribution in [0.3, 0.4) is 0 Å². The Balaban J connectivity index is 1.34. The lowest BCUT2D eigenvalue weighted by Gasteiger charge is -2.10. The van der Waals surface area contributed by atoms with Crippen molar-refractivity contribution in [2.45, 2.75) is 0 Å². The Hall–Kier alpha value is -4.01. The molecule has 3 aromatic heterocycles. The molecule has 3 heterocycles. The molecule has 0 spiro atoms. The first-order valence-electron chi connectivity index (χ1n) is 10.2. The summed E-state index contributed by atoms with van der Waals surface area (Å²) in [5.74, 6) is 0.592. The maximum absolute atomic E-state index is 12.4. The highest BCUT2D eigenvalue weighted by Crippen LogP contribution is 2.31. The van der Waals surface area contributed by atoms with E-state index in [1.54, 1.807) is 41.2 Å². The minimum atomic E-state index is -0.339. The maximum atomic E-state index is 12.4. The number of nitrogens with zero attached hydrogens (tertiary/aromatic N) is 5. The Morgan fingerprint density at radius 1 is 0.971 bits per heavy atom. The molecule has 5 aromatic rings. The molecule has 10 heteroatoms. The first kappa shape index (κ1) is 21.8. The van der Waals surface area contributed by atoms with Crippen LogP contribution in [0.4, 0.5) is 5.69 Å². The lowest BCUT2D eigenvalue weighted by Crippen LogP contribution is -2.20. The number of aromatic nitrogens is 5. The fourth-order valence-corrected chi connectivity index (χ4v) is 3.66. The highest BCUT2D eigenvalue weighted by Gasteiger charge is 2.12. The molecule has 2 aromatic carbocycles. The van der Waals surface area contributed by atoms with Gasteiger partial charge in [0, 0.05) is 29.2 Å². The summed E-state index contributed by atoms with van der Waals surface area (Å²) in [5, 5.41) is 16.5. The van der Waals surface area contributed by atoms with Crippen LogP contribution in [-0.2, 0) is 4.79 Å². The minimum absolute atomic E-state index is 0.219. The molecule has 0 radical (unpaired) electrons. The van der Waals surface area contributed by atoms with Gasteiger partial charge in [-0.15, -0.1) is 10.2 Å². The van der Waals surface area contributed by atoms with E-state index in [1.807, 2.05) is 42.5 Å². The molecule has 0 aliphatic rings. The van der Waals surface area contributed by atoms with Crippen LogP contribution in [0.5, 0.6) is 5.75 Å². The summed E-state index contributed by atoms with van der Waals surface area (Å²) in [5.41, 5.74) is 3.52. The standard InChI is InChI=1S/C24H16Cl2N6O2/c25-18-7-2-8-20(23(18)26)34-14-22(33)28-17-6-1-4-15(12-17)19-9-10-21-29-30-24(32(21)31-19)16-5-3-11-27-13-16/h1-13H,14H2,(H,28,33). The predicted octanol–water partition coefficient (Wildman–Crippen LogP) is 5.18. The number of benzene rings is 2. The maximum Gasteiger partial charge on any atom is 0.262 e. The second-order valence-corrected chi connectivity index (χ2v) is 8.01. The first-order chi connectivity index (χ1) is 16.6. The number of hydrogen-bond donors (Lipinski definition) is 1.